The zero-order chi connectivity index (χ0) is 28.7. The number of carbonyl (C=O) groups is 2. The molecule has 1 aliphatic heterocycles. The number of rotatable bonds is 9. The molecule has 0 amide bonds. The molecule has 204 valence electrons. The van der Waals surface area contributed by atoms with Crippen molar-refractivity contribution < 1.29 is 51.0 Å². The molecule has 0 bridgehead atoms. The van der Waals surface area contributed by atoms with E-state index in [2.05, 4.69) is 4.72 Å². The van der Waals surface area contributed by atoms with Crippen LogP contribution in [0, 0.1) is 0 Å². The molecule has 15 heteroatoms. The van der Waals surface area contributed by atoms with Gasteiger partial charge in [-0.15, -0.1) is 0 Å². The van der Waals surface area contributed by atoms with Crippen molar-refractivity contribution in [2.45, 2.75) is 11.3 Å². The molecule has 8 N–H and O–H groups in total. The first-order chi connectivity index (χ1) is 18.2. The van der Waals surface area contributed by atoms with Crippen LogP contribution in [-0.4, -0.2) is 55.8 Å². The Bertz CT molecular complexity index is 1900. The average Bonchev–Trinajstić information content (AvgIpc) is 2.84. The van der Waals surface area contributed by atoms with Gasteiger partial charge in [-0.1, -0.05) is 6.07 Å². The summed E-state index contributed by atoms with van der Waals surface area (Å²) in [6, 6.07) is 10.7. The molecular formula is C24H22N3O10S2+. The van der Waals surface area contributed by atoms with E-state index in [0.717, 1.165) is 6.07 Å². The third-order valence-electron chi connectivity index (χ3n) is 5.81. The summed E-state index contributed by atoms with van der Waals surface area (Å²) in [5.74, 6) is -3.68. The van der Waals surface area contributed by atoms with Crippen molar-refractivity contribution in [3.63, 3.8) is 0 Å². The molecule has 0 unspecified atom stereocenters. The molecule has 2 aromatic rings. The number of sulfonamides is 1. The normalized spacial score (nSPS) is 12.1. The van der Waals surface area contributed by atoms with E-state index in [1.165, 1.54) is 36.4 Å². The molecule has 1 aliphatic carbocycles. The van der Waals surface area contributed by atoms with E-state index in [9.17, 15) is 36.6 Å². The van der Waals surface area contributed by atoms with Gasteiger partial charge < -0.3 is 20.4 Å². The summed E-state index contributed by atoms with van der Waals surface area (Å²) in [6.07, 6.45) is -0.234. The highest BCUT2D eigenvalue weighted by Crippen LogP contribution is 2.43. The lowest BCUT2D eigenvalue weighted by Gasteiger charge is -2.19. The molecule has 2 aliphatic rings. The van der Waals surface area contributed by atoms with E-state index in [1.54, 1.807) is 6.07 Å². The maximum Gasteiger partial charge on any atom is 0.336 e. The van der Waals surface area contributed by atoms with Gasteiger partial charge in [0, 0.05) is 40.9 Å². The number of nitrogens with one attached hydrogen (secondary N) is 1. The summed E-state index contributed by atoms with van der Waals surface area (Å²) in [6.45, 7) is -0.356. The smallest absolute Gasteiger partial charge is 0.336 e. The second-order valence-corrected chi connectivity index (χ2v) is 11.8. The fourth-order valence-corrected chi connectivity index (χ4v) is 5.97. The largest absolute Gasteiger partial charge is 0.478 e. The standard InChI is InChI=1S/C24H21N3O10S2/c25-13-3-5-15-19(11-13)37-21-16(20(15)14-4-2-12(23(28)29)10-17(14)24(30)31)6-7-18(26)22(21)39(35,36)27-8-1-9-38(32,33)34/h2-7,10-11,26-27H,1,8-9,25H2,(H,28,29)(H,30,31)(H,32,33,34)/p+1. The minimum absolute atomic E-state index is 0.0808. The van der Waals surface area contributed by atoms with Crippen molar-refractivity contribution in [2.24, 2.45) is 0 Å². The van der Waals surface area contributed by atoms with E-state index in [-0.39, 0.29) is 63.2 Å². The maximum atomic E-state index is 13.3. The molecule has 0 atom stereocenters. The molecule has 1 heterocycles. The number of hydrogen-bond acceptors (Lipinski definition) is 8. The molecule has 0 saturated carbocycles. The predicted molar refractivity (Wildman–Crippen MR) is 138 cm³/mol. The van der Waals surface area contributed by atoms with Gasteiger partial charge in [0.15, 0.2) is 10.7 Å². The third-order valence-corrected chi connectivity index (χ3v) is 8.15. The molecule has 2 aromatic carbocycles. The monoisotopic (exact) mass is 576 g/mol. The number of nitrogen functional groups attached to an aromatic ring is 1. The lowest BCUT2D eigenvalue weighted by Crippen LogP contribution is -2.49. The molecule has 39 heavy (non-hydrogen) atoms. The van der Waals surface area contributed by atoms with Crippen LogP contribution in [0.1, 0.15) is 27.1 Å². The van der Waals surface area contributed by atoms with Crippen LogP contribution in [0.5, 0.6) is 0 Å². The summed E-state index contributed by atoms with van der Waals surface area (Å²) < 4.78 is 65.6. The molecule has 0 aromatic heterocycles. The van der Waals surface area contributed by atoms with Crippen LogP contribution in [0.2, 0.25) is 0 Å². The van der Waals surface area contributed by atoms with Crippen molar-refractivity contribution in [3.8, 4) is 22.5 Å². The second kappa shape index (κ2) is 10.1. The highest BCUT2D eigenvalue weighted by molar-refractivity contribution is 7.89. The zero-order valence-electron chi connectivity index (χ0n) is 19.9. The number of aromatic carboxylic acids is 2. The second-order valence-electron chi connectivity index (χ2n) is 8.50. The average molecular weight is 577 g/mol. The molecule has 0 radical (unpaired) electrons. The molecule has 0 fully saturated rings. The van der Waals surface area contributed by atoms with Crippen molar-refractivity contribution in [2.75, 3.05) is 18.0 Å². The molecule has 0 spiro atoms. The molecular weight excluding hydrogens is 554 g/mol. The first kappa shape index (κ1) is 27.7. The van der Waals surface area contributed by atoms with Crippen LogP contribution >= 0.6 is 0 Å². The lowest BCUT2D eigenvalue weighted by molar-refractivity contribution is -0.176. The number of anilines is 1. The highest BCUT2D eigenvalue weighted by Gasteiger charge is 2.31. The van der Waals surface area contributed by atoms with Gasteiger partial charge in [-0.05, 0) is 42.3 Å². The zero-order valence-corrected chi connectivity index (χ0v) is 21.5. The van der Waals surface area contributed by atoms with E-state index >= 15 is 0 Å². The van der Waals surface area contributed by atoms with Gasteiger partial charge in [0.25, 0.3) is 20.1 Å². The molecule has 0 saturated heterocycles. The Morgan fingerprint density at radius 2 is 1.64 bits per heavy atom. The molecule has 13 nitrogen and oxygen atoms in total. The van der Waals surface area contributed by atoms with Crippen molar-refractivity contribution in [1.82, 2.24) is 4.72 Å². The number of carboxylic acids is 2. The Labute approximate surface area is 221 Å². The Morgan fingerprint density at radius 1 is 0.949 bits per heavy atom. The van der Waals surface area contributed by atoms with Gasteiger partial charge in [0.1, 0.15) is 5.58 Å². The van der Waals surface area contributed by atoms with E-state index in [0.29, 0.717) is 5.39 Å². The lowest BCUT2D eigenvalue weighted by atomic mass is 9.90. The van der Waals surface area contributed by atoms with Gasteiger partial charge in [-0.3, -0.25) is 9.96 Å². The van der Waals surface area contributed by atoms with Gasteiger partial charge in [0.05, 0.1) is 16.9 Å². The number of fused-ring (bicyclic) bond motifs is 2. The SMILES string of the molecule is Nc1ccc2c(-c3ccc(C(=O)O)cc3C(=O)O)c3ccc(=[NH2+])c(S(=O)(=O)NCCCS(=O)(=O)O)c-3oc2c1. The van der Waals surface area contributed by atoms with E-state index < -0.39 is 42.7 Å². The van der Waals surface area contributed by atoms with Crippen LogP contribution in [0.25, 0.3) is 33.4 Å². The van der Waals surface area contributed by atoms with Gasteiger partial charge in [0.2, 0.25) is 5.36 Å². The topological polar surface area (TPSA) is 240 Å². The number of nitrogens with two attached hydrogens (primary N) is 2. The van der Waals surface area contributed by atoms with Gasteiger partial charge in [-0.2, -0.15) is 8.42 Å². The fraction of sp³-hybridized carbons (Fsp3) is 0.125. The number of carboxylic acid groups (broad SMARTS) is 2. The van der Waals surface area contributed by atoms with Crippen molar-refractivity contribution in [1.29, 1.82) is 0 Å². The van der Waals surface area contributed by atoms with E-state index in [4.69, 9.17) is 20.1 Å². The molecule has 4 rings (SSSR count). The summed E-state index contributed by atoms with van der Waals surface area (Å²) >= 11 is 0. The van der Waals surface area contributed by atoms with Crippen LogP contribution < -0.4 is 21.2 Å². The Morgan fingerprint density at radius 3 is 2.28 bits per heavy atom. The highest BCUT2D eigenvalue weighted by atomic mass is 32.2. The minimum atomic E-state index is -4.43. The van der Waals surface area contributed by atoms with Crippen LogP contribution in [0.15, 0.2) is 57.8 Å². The summed E-state index contributed by atoms with van der Waals surface area (Å²) in [4.78, 5) is 23.2. The number of hydrogen-bond donors (Lipinski definition) is 6. The van der Waals surface area contributed by atoms with Crippen molar-refractivity contribution >= 4 is 48.7 Å². The van der Waals surface area contributed by atoms with Crippen LogP contribution in [0.4, 0.5) is 5.69 Å². The summed E-state index contributed by atoms with van der Waals surface area (Å²) in [5.41, 5.74) is 6.08. The van der Waals surface area contributed by atoms with Gasteiger partial charge >= 0.3 is 11.9 Å². The first-order valence-corrected chi connectivity index (χ1v) is 14.2. The summed E-state index contributed by atoms with van der Waals surface area (Å²) in [5, 5.41) is 25.4. The van der Waals surface area contributed by atoms with Crippen LogP contribution in [-0.2, 0) is 20.1 Å². The fourth-order valence-electron chi connectivity index (χ4n) is 4.13. The Balaban J connectivity index is 2.01. The minimum Gasteiger partial charge on any atom is -0.478 e. The quantitative estimate of drug-likeness (QED) is 0.0689. The van der Waals surface area contributed by atoms with Gasteiger partial charge in [-0.25, -0.2) is 22.7 Å². The predicted octanol–water partition coefficient (Wildman–Crippen LogP) is 0.399. The maximum absolute atomic E-state index is 13.3. The Hall–Kier alpha value is -4.31. The first-order valence-electron chi connectivity index (χ1n) is 11.1. The third kappa shape index (κ3) is 5.61. The van der Waals surface area contributed by atoms with Crippen LogP contribution in [0.3, 0.4) is 0 Å². The van der Waals surface area contributed by atoms with E-state index in [1.807, 2.05) is 0 Å². The van der Waals surface area contributed by atoms with Crippen molar-refractivity contribution in [3.05, 3.63) is 65.0 Å². The number of benzene rings is 3. The Kier molecular flexibility index (Phi) is 7.18. The summed E-state index contributed by atoms with van der Waals surface area (Å²) in [7, 11) is -8.74.